The van der Waals surface area contributed by atoms with E-state index in [4.69, 9.17) is 5.11 Å². The molecule has 0 heterocycles. The lowest BCUT2D eigenvalue weighted by atomic mass is 10.1. The average Bonchev–Trinajstić information content (AvgIpc) is 2.17. The zero-order valence-corrected chi connectivity index (χ0v) is 10.1. The number of hydrogen-bond acceptors (Lipinski definition) is 3. The Kier molecular flexibility index (Phi) is 6.82. The molecule has 2 nitrogen and oxygen atoms in total. The van der Waals surface area contributed by atoms with Crippen LogP contribution >= 0.6 is 11.8 Å². The molecule has 80 valence electrons. The SMILES string of the molecule is CCC(C)CSCC(C)(CO)NC. The molecule has 2 unspecified atom stereocenters. The quantitative estimate of drug-likeness (QED) is 0.664. The van der Waals surface area contributed by atoms with Gasteiger partial charge >= 0.3 is 0 Å². The second kappa shape index (κ2) is 6.68. The molecule has 2 N–H and O–H groups in total. The van der Waals surface area contributed by atoms with E-state index in [-0.39, 0.29) is 12.1 Å². The van der Waals surface area contributed by atoms with Gasteiger partial charge in [0.15, 0.2) is 0 Å². The van der Waals surface area contributed by atoms with E-state index in [0.29, 0.717) is 0 Å². The third kappa shape index (κ3) is 5.55. The molecule has 0 saturated carbocycles. The van der Waals surface area contributed by atoms with Crippen LogP contribution in [-0.2, 0) is 0 Å². The van der Waals surface area contributed by atoms with Crippen molar-refractivity contribution in [3.05, 3.63) is 0 Å². The van der Waals surface area contributed by atoms with E-state index in [1.807, 2.05) is 18.8 Å². The molecule has 0 radical (unpaired) electrons. The Hall–Kier alpha value is 0.270. The van der Waals surface area contributed by atoms with E-state index in [0.717, 1.165) is 11.7 Å². The number of nitrogens with one attached hydrogen (secondary N) is 1. The van der Waals surface area contributed by atoms with E-state index in [9.17, 15) is 0 Å². The van der Waals surface area contributed by atoms with Gasteiger partial charge in [-0.1, -0.05) is 20.3 Å². The molecule has 0 amide bonds. The van der Waals surface area contributed by atoms with Crippen molar-refractivity contribution in [2.75, 3.05) is 25.2 Å². The van der Waals surface area contributed by atoms with Gasteiger partial charge in [-0.25, -0.2) is 0 Å². The Labute approximate surface area is 86.5 Å². The molecule has 0 aromatic rings. The minimum atomic E-state index is -0.113. The minimum absolute atomic E-state index is 0.113. The average molecular weight is 205 g/mol. The number of aliphatic hydroxyl groups excluding tert-OH is 1. The fraction of sp³-hybridized carbons (Fsp3) is 1.00. The van der Waals surface area contributed by atoms with Crippen LogP contribution in [0.15, 0.2) is 0 Å². The van der Waals surface area contributed by atoms with E-state index in [2.05, 4.69) is 26.1 Å². The predicted molar refractivity (Wildman–Crippen MR) is 61.3 cm³/mol. The van der Waals surface area contributed by atoms with Crippen molar-refractivity contribution in [2.24, 2.45) is 5.92 Å². The normalized spacial score (nSPS) is 18.2. The van der Waals surface area contributed by atoms with Crippen LogP contribution in [0.2, 0.25) is 0 Å². The molecule has 0 aromatic heterocycles. The smallest absolute Gasteiger partial charge is 0.0618 e. The molecule has 0 bridgehead atoms. The van der Waals surface area contributed by atoms with Crippen LogP contribution in [0.4, 0.5) is 0 Å². The summed E-state index contributed by atoms with van der Waals surface area (Å²) < 4.78 is 0. The van der Waals surface area contributed by atoms with Gasteiger partial charge in [0, 0.05) is 11.3 Å². The first-order valence-corrected chi connectivity index (χ1v) is 6.11. The number of hydrogen-bond donors (Lipinski definition) is 2. The Balaban J connectivity index is 3.61. The highest BCUT2D eigenvalue weighted by molar-refractivity contribution is 7.99. The van der Waals surface area contributed by atoms with Crippen LogP contribution in [0.5, 0.6) is 0 Å². The Morgan fingerprint density at radius 3 is 2.54 bits per heavy atom. The maximum atomic E-state index is 9.13. The predicted octanol–water partition coefficient (Wildman–Crippen LogP) is 1.74. The summed E-state index contributed by atoms with van der Waals surface area (Å²) >= 11 is 1.92. The summed E-state index contributed by atoms with van der Waals surface area (Å²) in [5.41, 5.74) is -0.113. The number of thioether (sulfide) groups is 1. The molecular formula is C10H23NOS. The second-order valence-electron chi connectivity index (χ2n) is 4.00. The van der Waals surface area contributed by atoms with Crippen molar-refractivity contribution in [1.82, 2.24) is 5.32 Å². The maximum absolute atomic E-state index is 9.13. The molecule has 2 atom stereocenters. The summed E-state index contributed by atoms with van der Waals surface area (Å²) in [5, 5.41) is 12.3. The molecule has 0 rings (SSSR count). The Morgan fingerprint density at radius 2 is 2.15 bits per heavy atom. The summed E-state index contributed by atoms with van der Waals surface area (Å²) in [4.78, 5) is 0. The molecule has 3 heteroatoms. The molecule has 0 spiro atoms. The van der Waals surface area contributed by atoms with Gasteiger partial charge < -0.3 is 10.4 Å². The third-order valence-electron chi connectivity index (χ3n) is 2.47. The summed E-state index contributed by atoms with van der Waals surface area (Å²) in [5.74, 6) is 2.95. The van der Waals surface area contributed by atoms with Crippen LogP contribution < -0.4 is 5.32 Å². The summed E-state index contributed by atoms with van der Waals surface area (Å²) in [6.45, 7) is 6.74. The summed E-state index contributed by atoms with van der Waals surface area (Å²) in [6.07, 6.45) is 1.24. The number of rotatable bonds is 7. The topological polar surface area (TPSA) is 32.3 Å². The van der Waals surface area contributed by atoms with Crippen molar-refractivity contribution >= 4 is 11.8 Å². The van der Waals surface area contributed by atoms with Gasteiger partial charge in [-0.15, -0.1) is 0 Å². The van der Waals surface area contributed by atoms with Gasteiger partial charge in [-0.05, 0) is 25.6 Å². The van der Waals surface area contributed by atoms with Crippen LogP contribution in [0.1, 0.15) is 27.2 Å². The lowest BCUT2D eigenvalue weighted by Gasteiger charge is -2.26. The largest absolute Gasteiger partial charge is 0.394 e. The fourth-order valence-electron chi connectivity index (χ4n) is 0.800. The molecule has 13 heavy (non-hydrogen) atoms. The third-order valence-corrected chi connectivity index (χ3v) is 4.12. The van der Waals surface area contributed by atoms with E-state index in [1.165, 1.54) is 12.2 Å². The van der Waals surface area contributed by atoms with Crippen molar-refractivity contribution < 1.29 is 5.11 Å². The fourth-order valence-corrected chi connectivity index (χ4v) is 2.24. The van der Waals surface area contributed by atoms with Gasteiger partial charge in [-0.2, -0.15) is 11.8 Å². The van der Waals surface area contributed by atoms with Crippen molar-refractivity contribution in [1.29, 1.82) is 0 Å². The molecule has 0 fully saturated rings. The minimum Gasteiger partial charge on any atom is -0.394 e. The summed E-state index contributed by atoms with van der Waals surface area (Å²) in [7, 11) is 1.90. The molecule has 0 aliphatic carbocycles. The van der Waals surface area contributed by atoms with Crippen LogP contribution in [0.25, 0.3) is 0 Å². The Morgan fingerprint density at radius 1 is 1.54 bits per heavy atom. The molecule has 0 saturated heterocycles. The van der Waals surface area contributed by atoms with Crippen molar-refractivity contribution in [3.8, 4) is 0 Å². The Bertz CT molecular complexity index is 126. The monoisotopic (exact) mass is 205 g/mol. The van der Waals surface area contributed by atoms with E-state index < -0.39 is 0 Å². The maximum Gasteiger partial charge on any atom is 0.0618 e. The van der Waals surface area contributed by atoms with Gasteiger partial charge in [0.25, 0.3) is 0 Å². The first kappa shape index (κ1) is 13.3. The molecule has 0 aliphatic rings. The second-order valence-corrected chi connectivity index (χ2v) is 5.03. The number of aliphatic hydroxyl groups is 1. The number of likely N-dealkylation sites (N-methyl/N-ethyl adjacent to an activating group) is 1. The first-order valence-electron chi connectivity index (χ1n) is 4.95. The van der Waals surface area contributed by atoms with Crippen LogP contribution in [0.3, 0.4) is 0 Å². The van der Waals surface area contributed by atoms with Gasteiger partial charge in [0.2, 0.25) is 0 Å². The van der Waals surface area contributed by atoms with E-state index >= 15 is 0 Å². The molecular weight excluding hydrogens is 182 g/mol. The molecule has 0 aromatic carbocycles. The van der Waals surface area contributed by atoms with Crippen LogP contribution in [-0.4, -0.2) is 35.8 Å². The zero-order chi connectivity index (χ0) is 10.3. The van der Waals surface area contributed by atoms with Crippen LogP contribution in [0, 0.1) is 5.92 Å². The summed E-state index contributed by atoms with van der Waals surface area (Å²) in [6, 6.07) is 0. The first-order chi connectivity index (χ1) is 6.08. The zero-order valence-electron chi connectivity index (χ0n) is 9.26. The standard InChI is InChI=1S/C10H23NOS/c1-5-9(2)6-13-8-10(3,7-12)11-4/h9,11-12H,5-8H2,1-4H3. The van der Waals surface area contributed by atoms with Gasteiger partial charge in [0.05, 0.1) is 6.61 Å². The van der Waals surface area contributed by atoms with Crippen molar-refractivity contribution in [2.45, 2.75) is 32.7 Å². The lowest BCUT2D eigenvalue weighted by Crippen LogP contribution is -2.45. The van der Waals surface area contributed by atoms with Crippen molar-refractivity contribution in [3.63, 3.8) is 0 Å². The van der Waals surface area contributed by atoms with Gasteiger partial charge in [-0.3, -0.25) is 0 Å². The highest BCUT2D eigenvalue weighted by Gasteiger charge is 2.20. The van der Waals surface area contributed by atoms with Gasteiger partial charge in [0.1, 0.15) is 0 Å². The highest BCUT2D eigenvalue weighted by Crippen LogP contribution is 2.16. The van der Waals surface area contributed by atoms with E-state index in [1.54, 1.807) is 0 Å². The lowest BCUT2D eigenvalue weighted by molar-refractivity contribution is 0.200. The molecule has 0 aliphatic heterocycles. The highest BCUT2D eigenvalue weighted by atomic mass is 32.2.